The first-order chi connectivity index (χ1) is 19.9. The lowest BCUT2D eigenvalue weighted by molar-refractivity contribution is -0.113. The van der Waals surface area contributed by atoms with Crippen molar-refractivity contribution in [2.75, 3.05) is 6.61 Å². The second-order valence-electron chi connectivity index (χ2n) is 15.8. The molecule has 0 unspecified atom stereocenters. The second-order valence-corrected chi connectivity index (χ2v) is 26.8. The van der Waals surface area contributed by atoms with Crippen LogP contribution in [0.2, 0.25) is 26.7 Å². The molecule has 240 valence electrons. The Hall–Kier alpha value is -1.23. The number of ether oxygens (including phenoxy) is 1. The van der Waals surface area contributed by atoms with Crippen LogP contribution in [0.15, 0.2) is 41.8 Å². The Morgan fingerprint density at radius 1 is 0.884 bits per heavy atom. The highest BCUT2D eigenvalue weighted by Gasteiger charge is 2.64. The third-order valence-corrected chi connectivity index (χ3v) is 22.0. The molecule has 7 heteroatoms. The van der Waals surface area contributed by atoms with Crippen LogP contribution in [0.5, 0.6) is 0 Å². The Morgan fingerprint density at radius 2 is 1.44 bits per heavy atom. The SMILES string of the molecule is CCc1ccc(Cc2csc(C3=C[C@@H](O[Si](C(C)C)(C(C)C)C(C)C)[C@@H]4O[Si](C(C)(C)C)(C(C)(C)C)OC[C@H]4O3)c2)cc1. The molecule has 0 bridgehead atoms. The van der Waals surface area contributed by atoms with Gasteiger partial charge in [0.25, 0.3) is 0 Å². The van der Waals surface area contributed by atoms with Gasteiger partial charge >= 0.3 is 8.56 Å². The molecule has 0 spiro atoms. The molecule has 0 aliphatic carbocycles. The smallest absolute Gasteiger partial charge is 0.349 e. The second kappa shape index (κ2) is 12.9. The summed E-state index contributed by atoms with van der Waals surface area (Å²) in [7, 11) is -4.93. The Balaban J connectivity index is 1.74. The van der Waals surface area contributed by atoms with E-state index in [0.717, 1.165) is 23.5 Å². The van der Waals surface area contributed by atoms with Crippen molar-refractivity contribution >= 4 is 34.0 Å². The standard InChI is InChI=1S/C36H58O4SSi2/c1-14-27-15-17-28(18-16-27)19-29-20-33(41-23-29)30-21-31(39-42(24(2)3,25(4)5)26(6)7)34-32(38-30)22-37-43(40-34,35(8,9)10)36(11,12)13/h15-18,20-21,23-26,31-32,34H,14,19,22H2,1-13H3/t31-,32-,34+/m1/s1. The van der Waals surface area contributed by atoms with Crippen molar-refractivity contribution < 1.29 is 18.0 Å². The van der Waals surface area contributed by atoms with Crippen molar-refractivity contribution in [2.24, 2.45) is 0 Å². The van der Waals surface area contributed by atoms with Crippen molar-refractivity contribution in [3.8, 4) is 0 Å². The summed E-state index contributed by atoms with van der Waals surface area (Å²) >= 11 is 1.76. The molecule has 2 aromatic rings. The summed E-state index contributed by atoms with van der Waals surface area (Å²) in [6.45, 7) is 30.6. The molecule has 1 aromatic carbocycles. The number of benzene rings is 1. The molecule has 4 rings (SSSR count). The van der Waals surface area contributed by atoms with E-state index in [4.69, 9.17) is 18.0 Å². The van der Waals surface area contributed by atoms with Gasteiger partial charge in [-0.15, -0.1) is 11.3 Å². The summed E-state index contributed by atoms with van der Waals surface area (Å²) in [4.78, 5) is 1.15. The Morgan fingerprint density at radius 3 is 1.95 bits per heavy atom. The number of fused-ring (bicyclic) bond motifs is 1. The van der Waals surface area contributed by atoms with E-state index in [9.17, 15) is 0 Å². The van der Waals surface area contributed by atoms with Gasteiger partial charge in [-0.1, -0.05) is 114 Å². The monoisotopic (exact) mass is 642 g/mol. The van der Waals surface area contributed by atoms with Gasteiger partial charge in [0.05, 0.1) is 17.6 Å². The zero-order valence-corrected chi connectivity index (χ0v) is 32.0. The van der Waals surface area contributed by atoms with Crippen molar-refractivity contribution in [1.82, 2.24) is 0 Å². The molecule has 2 aliphatic rings. The molecule has 43 heavy (non-hydrogen) atoms. The maximum atomic E-state index is 7.56. The summed E-state index contributed by atoms with van der Waals surface area (Å²) in [5.41, 5.74) is 5.46. The van der Waals surface area contributed by atoms with Crippen LogP contribution in [-0.2, 0) is 30.9 Å². The van der Waals surface area contributed by atoms with Crippen molar-refractivity contribution in [1.29, 1.82) is 0 Å². The fourth-order valence-corrected chi connectivity index (χ4v) is 19.3. The number of rotatable bonds is 9. The molecule has 1 aromatic heterocycles. The molecule has 2 aliphatic heterocycles. The Kier molecular flexibility index (Phi) is 10.4. The maximum Gasteiger partial charge on any atom is 0.349 e. The predicted octanol–water partition coefficient (Wildman–Crippen LogP) is 10.7. The van der Waals surface area contributed by atoms with Gasteiger partial charge in [0.1, 0.15) is 18.0 Å². The molecule has 4 nitrogen and oxygen atoms in total. The normalized spacial score (nSPS) is 23.0. The first-order valence-corrected chi connectivity index (χ1v) is 21.3. The van der Waals surface area contributed by atoms with E-state index < -0.39 is 16.9 Å². The maximum absolute atomic E-state index is 7.56. The molecule has 0 amide bonds. The van der Waals surface area contributed by atoms with Gasteiger partial charge in [0.15, 0.2) is 0 Å². The zero-order valence-electron chi connectivity index (χ0n) is 29.2. The van der Waals surface area contributed by atoms with Crippen molar-refractivity contribution in [3.63, 3.8) is 0 Å². The Bertz CT molecular complexity index is 1210. The quantitative estimate of drug-likeness (QED) is 0.255. The van der Waals surface area contributed by atoms with Gasteiger partial charge in [-0.3, -0.25) is 0 Å². The first-order valence-electron chi connectivity index (χ1n) is 16.5. The zero-order chi connectivity index (χ0) is 32.0. The fourth-order valence-electron chi connectivity index (χ4n) is 7.94. The van der Waals surface area contributed by atoms with Crippen LogP contribution in [-0.4, -0.2) is 41.8 Å². The molecule has 3 atom stereocenters. The van der Waals surface area contributed by atoms with Crippen LogP contribution >= 0.6 is 11.3 Å². The van der Waals surface area contributed by atoms with Crippen LogP contribution < -0.4 is 0 Å². The lowest BCUT2D eigenvalue weighted by Gasteiger charge is -2.57. The van der Waals surface area contributed by atoms with Gasteiger partial charge in [-0.2, -0.15) is 0 Å². The molecule has 0 radical (unpaired) electrons. The van der Waals surface area contributed by atoms with Gasteiger partial charge in [-0.05, 0) is 63.7 Å². The molecular formula is C36H58O4SSi2. The van der Waals surface area contributed by atoms with Gasteiger partial charge in [0, 0.05) is 10.1 Å². The van der Waals surface area contributed by atoms with Crippen LogP contribution in [0.25, 0.3) is 5.76 Å². The lowest BCUT2D eigenvalue weighted by Crippen LogP contribution is -2.68. The predicted molar refractivity (Wildman–Crippen MR) is 188 cm³/mol. The van der Waals surface area contributed by atoms with E-state index in [1.807, 2.05) is 0 Å². The molecule has 0 N–H and O–H groups in total. The number of hydrogen-bond acceptors (Lipinski definition) is 5. The largest absolute Gasteiger partial charge is 0.484 e. The number of aryl methyl sites for hydroxylation is 1. The van der Waals surface area contributed by atoms with Crippen LogP contribution in [0.1, 0.15) is 112 Å². The van der Waals surface area contributed by atoms with E-state index in [0.29, 0.717) is 23.2 Å². The van der Waals surface area contributed by atoms with Gasteiger partial charge in [0.2, 0.25) is 8.32 Å². The third kappa shape index (κ3) is 6.68. The third-order valence-electron chi connectivity index (χ3n) is 9.80. The summed E-state index contributed by atoms with van der Waals surface area (Å²) in [6.07, 6.45) is 3.67. The average molecular weight is 643 g/mol. The summed E-state index contributed by atoms with van der Waals surface area (Å²) in [6, 6.07) is 11.3. The average Bonchev–Trinajstić information content (AvgIpc) is 3.38. The molecule has 0 saturated carbocycles. The van der Waals surface area contributed by atoms with E-state index in [1.165, 1.54) is 16.7 Å². The molecule has 1 saturated heterocycles. The minimum atomic E-state index is -2.71. The number of thiophene rings is 1. The van der Waals surface area contributed by atoms with E-state index in [-0.39, 0.29) is 28.4 Å². The fraction of sp³-hybridized carbons (Fsp3) is 0.667. The van der Waals surface area contributed by atoms with E-state index >= 15 is 0 Å². The highest BCUT2D eigenvalue weighted by molar-refractivity contribution is 7.11. The van der Waals surface area contributed by atoms with Gasteiger partial charge < -0.3 is 18.0 Å². The van der Waals surface area contributed by atoms with Crippen molar-refractivity contribution in [3.05, 3.63) is 63.4 Å². The van der Waals surface area contributed by atoms with Crippen LogP contribution in [0, 0.1) is 0 Å². The topological polar surface area (TPSA) is 36.9 Å². The van der Waals surface area contributed by atoms with Crippen LogP contribution in [0.4, 0.5) is 0 Å². The Labute approximate surface area is 269 Å². The van der Waals surface area contributed by atoms with Crippen LogP contribution in [0.3, 0.4) is 0 Å². The molecule has 1 fully saturated rings. The molecule has 3 heterocycles. The van der Waals surface area contributed by atoms with E-state index in [1.54, 1.807) is 11.3 Å². The van der Waals surface area contributed by atoms with Crippen molar-refractivity contribution in [2.45, 2.75) is 148 Å². The number of hydrogen-bond donors (Lipinski definition) is 0. The lowest BCUT2D eigenvalue weighted by atomic mass is 10.0. The molecular weight excluding hydrogens is 585 g/mol. The highest BCUT2D eigenvalue weighted by atomic mass is 32.1. The minimum Gasteiger partial charge on any atom is -0.484 e. The highest BCUT2D eigenvalue weighted by Crippen LogP contribution is 2.56. The summed E-state index contributed by atoms with van der Waals surface area (Å²) in [5, 5.41) is 2.06. The van der Waals surface area contributed by atoms with E-state index in [2.05, 4.69) is 132 Å². The summed E-state index contributed by atoms with van der Waals surface area (Å²) in [5.74, 6) is 0.913. The minimum absolute atomic E-state index is 0.106. The van der Waals surface area contributed by atoms with Gasteiger partial charge in [-0.25, -0.2) is 0 Å². The first kappa shape index (κ1) is 34.6. The summed E-state index contributed by atoms with van der Waals surface area (Å²) < 4.78 is 28.6.